The second-order valence-electron chi connectivity index (χ2n) is 8.10. The standard InChI is InChI=1S/C21H36FN5O2.HI/c1-5-23-20(25-15-21(2,28)16-27-8-10-29-11-9-27)24-13-17-6-7-19(22)18(12-17)14-26(3)4;/h6-7,12,28H,5,8-11,13-16H2,1-4H3,(H2,23,24,25);1H. The zero-order valence-corrected chi connectivity index (χ0v) is 20.9. The van der Waals surface area contributed by atoms with Gasteiger partial charge in [0.05, 0.1) is 25.4 Å². The summed E-state index contributed by atoms with van der Waals surface area (Å²) in [6, 6.07) is 5.12. The molecule has 0 spiro atoms. The third kappa shape index (κ3) is 9.86. The van der Waals surface area contributed by atoms with Crippen molar-refractivity contribution in [3.05, 3.63) is 35.1 Å². The van der Waals surface area contributed by atoms with Crippen molar-refractivity contribution < 1.29 is 14.2 Å². The highest BCUT2D eigenvalue weighted by molar-refractivity contribution is 14.0. The average Bonchev–Trinajstić information content (AvgIpc) is 2.66. The van der Waals surface area contributed by atoms with Crippen LogP contribution in [0.2, 0.25) is 0 Å². The van der Waals surface area contributed by atoms with Crippen molar-refractivity contribution in [1.29, 1.82) is 0 Å². The number of hydrogen-bond acceptors (Lipinski definition) is 5. The highest BCUT2D eigenvalue weighted by Crippen LogP contribution is 2.13. The molecule has 0 radical (unpaired) electrons. The predicted octanol–water partition coefficient (Wildman–Crippen LogP) is 1.64. The minimum atomic E-state index is -0.887. The summed E-state index contributed by atoms with van der Waals surface area (Å²) < 4.78 is 19.3. The van der Waals surface area contributed by atoms with Crippen LogP contribution in [-0.4, -0.2) is 86.5 Å². The zero-order chi connectivity index (χ0) is 21.3. The number of aliphatic imine (C=N–C) groups is 1. The van der Waals surface area contributed by atoms with Crippen molar-refractivity contribution >= 4 is 29.9 Å². The van der Waals surface area contributed by atoms with Gasteiger partial charge in [0, 0.05) is 44.8 Å². The summed E-state index contributed by atoms with van der Waals surface area (Å²) in [5.41, 5.74) is 0.720. The van der Waals surface area contributed by atoms with E-state index in [4.69, 9.17) is 4.74 Å². The monoisotopic (exact) mass is 537 g/mol. The summed E-state index contributed by atoms with van der Waals surface area (Å²) >= 11 is 0. The van der Waals surface area contributed by atoms with Crippen LogP contribution in [0.25, 0.3) is 0 Å². The zero-order valence-electron chi connectivity index (χ0n) is 18.6. The molecule has 1 saturated heterocycles. The number of aliphatic hydroxyl groups is 1. The maximum atomic E-state index is 14.0. The minimum Gasteiger partial charge on any atom is -0.387 e. The third-order valence-electron chi connectivity index (χ3n) is 4.67. The van der Waals surface area contributed by atoms with Gasteiger partial charge in [-0.25, -0.2) is 9.38 Å². The highest BCUT2D eigenvalue weighted by Gasteiger charge is 2.25. The van der Waals surface area contributed by atoms with E-state index in [9.17, 15) is 9.50 Å². The number of rotatable bonds is 9. The second kappa shape index (κ2) is 13.4. The number of nitrogens with one attached hydrogen (secondary N) is 2. The Hall–Kier alpha value is -1.01. The number of benzene rings is 1. The molecule has 0 amide bonds. The SMILES string of the molecule is CCNC(=NCc1ccc(F)c(CN(C)C)c1)NCC(C)(O)CN1CCOCC1.I. The molecule has 1 aliphatic rings. The Labute approximate surface area is 197 Å². The van der Waals surface area contributed by atoms with Crippen LogP contribution in [0, 0.1) is 5.82 Å². The summed E-state index contributed by atoms with van der Waals surface area (Å²) in [5, 5.41) is 17.2. The Bertz CT molecular complexity index is 667. The second-order valence-corrected chi connectivity index (χ2v) is 8.10. The van der Waals surface area contributed by atoms with E-state index in [0.29, 0.717) is 57.5 Å². The van der Waals surface area contributed by atoms with Crippen molar-refractivity contribution in [2.75, 3.05) is 60.0 Å². The average molecular weight is 537 g/mol. The number of nitrogens with zero attached hydrogens (tertiary/aromatic N) is 3. The van der Waals surface area contributed by atoms with Gasteiger partial charge in [0.1, 0.15) is 5.82 Å². The first-order valence-corrected chi connectivity index (χ1v) is 10.3. The van der Waals surface area contributed by atoms with Gasteiger partial charge in [-0.05, 0) is 45.6 Å². The number of ether oxygens (including phenoxy) is 1. The molecular weight excluding hydrogens is 500 g/mol. The molecule has 1 aromatic rings. The lowest BCUT2D eigenvalue weighted by Gasteiger charge is -2.34. The van der Waals surface area contributed by atoms with E-state index >= 15 is 0 Å². The van der Waals surface area contributed by atoms with Crippen molar-refractivity contribution in [2.45, 2.75) is 32.5 Å². The van der Waals surface area contributed by atoms with E-state index in [0.717, 1.165) is 18.7 Å². The Balaban J connectivity index is 0.00000450. The highest BCUT2D eigenvalue weighted by atomic mass is 127. The Morgan fingerprint density at radius 2 is 2.00 bits per heavy atom. The fourth-order valence-electron chi connectivity index (χ4n) is 3.27. The lowest BCUT2D eigenvalue weighted by Crippen LogP contribution is -2.52. The van der Waals surface area contributed by atoms with Gasteiger partial charge in [-0.2, -0.15) is 0 Å². The number of halogens is 2. The summed E-state index contributed by atoms with van der Waals surface area (Å²) in [7, 11) is 3.83. The quantitative estimate of drug-likeness (QED) is 0.253. The molecule has 9 heteroatoms. The van der Waals surface area contributed by atoms with Crippen LogP contribution >= 0.6 is 24.0 Å². The van der Waals surface area contributed by atoms with Crippen molar-refractivity contribution in [3.63, 3.8) is 0 Å². The number of morpholine rings is 1. The van der Waals surface area contributed by atoms with Crippen LogP contribution in [0.5, 0.6) is 0 Å². The molecule has 0 aliphatic carbocycles. The number of hydrogen-bond donors (Lipinski definition) is 3. The molecule has 1 atom stereocenters. The molecule has 0 bridgehead atoms. The van der Waals surface area contributed by atoms with Crippen LogP contribution in [0.15, 0.2) is 23.2 Å². The van der Waals surface area contributed by atoms with Crippen LogP contribution < -0.4 is 10.6 Å². The molecule has 1 fully saturated rings. The minimum absolute atomic E-state index is 0. The van der Waals surface area contributed by atoms with Gasteiger partial charge in [0.15, 0.2) is 5.96 Å². The van der Waals surface area contributed by atoms with Crippen LogP contribution in [0.4, 0.5) is 4.39 Å². The van der Waals surface area contributed by atoms with E-state index in [1.54, 1.807) is 6.07 Å². The Kier molecular flexibility index (Phi) is 12.1. The van der Waals surface area contributed by atoms with Gasteiger partial charge in [-0.15, -0.1) is 24.0 Å². The van der Waals surface area contributed by atoms with Crippen LogP contribution in [0.3, 0.4) is 0 Å². The Morgan fingerprint density at radius 1 is 1.30 bits per heavy atom. The first-order chi connectivity index (χ1) is 13.8. The largest absolute Gasteiger partial charge is 0.387 e. The van der Waals surface area contributed by atoms with E-state index in [2.05, 4.69) is 20.5 Å². The van der Waals surface area contributed by atoms with E-state index in [1.165, 1.54) is 6.07 Å². The summed E-state index contributed by atoms with van der Waals surface area (Å²) in [5.74, 6) is 0.434. The van der Waals surface area contributed by atoms with E-state index < -0.39 is 5.60 Å². The summed E-state index contributed by atoms with van der Waals surface area (Å²) in [6.07, 6.45) is 0. The molecule has 1 aromatic carbocycles. The molecule has 1 unspecified atom stereocenters. The van der Waals surface area contributed by atoms with Gasteiger partial charge in [-0.3, -0.25) is 4.90 Å². The van der Waals surface area contributed by atoms with Crippen LogP contribution in [0.1, 0.15) is 25.0 Å². The summed E-state index contributed by atoms with van der Waals surface area (Å²) in [4.78, 5) is 8.74. The fourth-order valence-corrected chi connectivity index (χ4v) is 3.27. The maximum Gasteiger partial charge on any atom is 0.191 e. The molecule has 172 valence electrons. The maximum absolute atomic E-state index is 14.0. The van der Waals surface area contributed by atoms with Gasteiger partial charge >= 0.3 is 0 Å². The predicted molar refractivity (Wildman–Crippen MR) is 130 cm³/mol. The number of β-amino-alcohol motifs (C(OH)–C–C–N with tert-alkyl or cyclic N) is 1. The molecule has 3 N–H and O–H groups in total. The first-order valence-electron chi connectivity index (χ1n) is 10.3. The Morgan fingerprint density at radius 3 is 2.63 bits per heavy atom. The smallest absolute Gasteiger partial charge is 0.191 e. The van der Waals surface area contributed by atoms with Gasteiger partial charge < -0.3 is 25.4 Å². The van der Waals surface area contributed by atoms with Crippen molar-refractivity contribution in [2.24, 2.45) is 4.99 Å². The third-order valence-corrected chi connectivity index (χ3v) is 4.67. The number of guanidine groups is 1. The molecule has 0 aromatic heterocycles. The van der Waals surface area contributed by atoms with Crippen molar-refractivity contribution in [1.82, 2.24) is 20.4 Å². The molecular formula is C21H37FIN5O2. The molecule has 1 aliphatic heterocycles. The van der Waals surface area contributed by atoms with Gasteiger partial charge in [-0.1, -0.05) is 6.07 Å². The molecule has 2 rings (SSSR count). The summed E-state index contributed by atoms with van der Waals surface area (Å²) in [6.45, 7) is 9.57. The molecule has 1 heterocycles. The van der Waals surface area contributed by atoms with Crippen LogP contribution in [-0.2, 0) is 17.8 Å². The lowest BCUT2D eigenvalue weighted by atomic mass is 10.1. The topological polar surface area (TPSA) is 72.4 Å². The fraction of sp³-hybridized carbons (Fsp3) is 0.667. The normalized spacial score (nSPS) is 17.4. The van der Waals surface area contributed by atoms with Crippen molar-refractivity contribution in [3.8, 4) is 0 Å². The van der Waals surface area contributed by atoms with E-state index in [1.807, 2.05) is 38.9 Å². The molecule has 0 saturated carbocycles. The lowest BCUT2D eigenvalue weighted by molar-refractivity contribution is -0.0201. The first kappa shape index (κ1) is 27.0. The van der Waals surface area contributed by atoms with E-state index in [-0.39, 0.29) is 29.8 Å². The van der Waals surface area contributed by atoms with Gasteiger partial charge in [0.2, 0.25) is 0 Å². The molecule has 7 nitrogen and oxygen atoms in total. The molecule has 30 heavy (non-hydrogen) atoms. The van der Waals surface area contributed by atoms with Gasteiger partial charge in [0.25, 0.3) is 0 Å².